The van der Waals surface area contributed by atoms with Crippen molar-refractivity contribution < 1.29 is 27.7 Å². The van der Waals surface area contributed by atoms with E-state index in [9.17, 15) is 32.9 Å². The van der Waals surface area contributed by atoms with Crippen LogP contribution in [0.25, 0.3) is 0 Å². The van der Waals surface area contributed by atoms with E-state index in [1.54, 1.807) is 0 Å². The summed E-state index contributed by atoms with van der Waals surface area (Å²) in [6.07, 6.45) is -0.937. The second-order valence-corrected chi connectivity index (χ2v) is 5.65. The van der Waals surface area contributed by atoms with Gasteiger partial charge in [0.15, 0.2) is 0 Å². The summed E-state index contributed by atoms with van der Waals surface area (Å²) in [5, 5.41) is 13.0. The van der Waals surface area contributed by atoms with Crippen molar-refractivity contribution in [3.8, 4) is 0 Å². The van der Waals surface area contributed by atoms with Crippen molar-refractivity contribution in [2.24, 2.45) is 5.73 Å². The number of nitro groups is 1. The number of benzene rings is 2. The Labute approximate surface area is 151 Å². The molecule has 2 aromatic carbocycles. The van der Waals surface area contributed by atoms with E-state index in [1.165, 1.54) is 6.07 Å². The summed E-state index contributed by atoms with van der Waals surface area (Å²) in [7, 11) is 0. The van der Waals surface area contributed by atoms with Gasteiger partial charge in [0.25, 0.3) is 0 Å². The van der Waals surface area contributed by atoms with Crippen LogP contribution in [0.5, 0.6) is 0 Å². The second kappa shape index (κ2) is 8.30. The number of carbonyl (C=O) groups excluding carboxylic acids is 2. The van der Waals surface area contributed by atoms with Gasteiger partial charge in [-0.3, -0.25) is 19.7 Å². The summed E-state index contributed by atoms with van der Waals surface area (Å²) in [5.41, 5.74) is 4.10. The zero-order chi connectivity index (χ0) is 20.1. The van der Waals surface area contributed by atoms with Crippen LogP contribution in [0.15, 0.2) is 36.4 Å². The third-order valence-corrected chi connectivity index (χ3v) is 3.72. The molecule has 0 aliphatic carbocycles. The SMILES string of the molecule is NC(=O)[C@H](Cc1ccc(F)c([N+](=O)[O-])c1)NC(=O)Cc1c(F)cccc1F. The molecule has 0 aliphatic rings. The molecular weight excluding hydrogens is 367 g/mol. The molecule has 1 atom stereocenters. The number of nitrogens with two attached hydrogens (primary N) is 1. The molecule has 0 spiro atoms. The van der Waals surface area contributed by atoms with Crippen LogP contribution in [-0.4, -0.2) is 22.8 Å². The minimum absolute atomic E-state index is 0.171. The first-order valence-electron chi connectivity index (χ1n) is 7.63. The third-order valence-electron chi connectivity index (χ3n) is 3.72. The van der Waals surface area contributed by atoms with E-state index in [0.717, 1.165) is 30.3 Å². The van der Waals surface area contributed by atoms with Crippen molar-refractivity contribution >= 4 is 17.5 Å². The highest BCUT2D eigenvalue weighted by molar-refractivity contribution is 5.87. The molecule has 0 unspecified atom stereocenters. The predicted octanol–water partition coefficient (Wildman–Crippen LogP) is 1.77. The maximum Gasteiger partial charge on any atom is 0.305 e. The number of hydrogen-bond acceptors (Lipinski definition) is 4. The molecule has 0 saturated heterocycles. The zero-order valence-corrected chi connectivity index (χ0v) is 13.7. The van der Waals surface area contributed by atoms with Gasteiger partial charge in [-0.1, -0.05) is 12.1 Å². The Morgan fingerprint density at radius 2 is 1.74 bits per heavy atom. The molecule has 0 radical (unpaired) electrons. The fourth-order valence-corrected chi connectivity index (χ4v) is 2.39. The molecule has 142 valence electrons. The molecule has 2 aromatic rings. The maximum absolute atomic E-state index is 13.6. The van der Waals surface area contributed by atoms with Crippen molar-refractivity contribution in [1.82, 2.24) is 5.32 Å². The molecule has 0 fully saturated rings. The quantitative estimate of drug-likeness (QED) is 0.562. The molecule has 3 N–H and O–H groups in total. The standard InChI is InChI=1S/C17H14F3N3O4/c18-11-2-1-3-12(19)10(11)8-16(24)22-14(17(21)25)6-9-4-5-13(20)15(7-9)23(26)27/h1-5,7,14H,6,8H2,(H2,21,25)(H,22,24)/t14-/m0/s1. The van der Waals surface area contributed by atoms with Gasteiger partial charge < -0.3 is 11.1 Å². The van der Waals surface area contributed by atoms with E-state index in [1.807, 2.05) is 0 Å². The summed E-state index contributed by atoms with van der Waals surface area (Å²) < 4.78 is 40.6. The lowest BCUT2D eigenvalue weighted by Gasteiger charge is -2.16. The summed E-state index contributed by atoms with van der Waals surface area (Å²) in [6.45, 7) is 0. The van der Waals surface area contributed by atoms with E-state index in [0.29, 0.717) is 0 Å². The summed E-state index contributed by atoms with van der Waals surface area (Å²) in [6, 6.07) is 4.75. The third kappa shape index (κ3) is 5.03. The monoisotopic (exact) mass is 381 g/mol. The Morgan fingerprint density at radius 3 is 2.30 bits per heavy atom. The normalized spacial score (nSPS) is 11.7. The number of halogens is 3. The van der Waals surface area contributed by atoms with Crippen molar-refractivity contribution in [2.45, 2.75) is 18.9 Å². The number of nitrogens with zero attached hydrogens (tertiary/aromatic N) is 1. The van der Waals surface area contributed by atoms with Gasteiger partial charge in [-0.2, -0.15) is 4.39 Å². The fraction of sp³-hybridized carbons (Fsp3) is 0.176. The highest BCUT2D eigenvalue weighted by atomic mass is 19.1. The minimum atomic E-state index is -1.31. The van der Waals surface area contributed by atoms with Crippen molar-refractivity contribution in [2.75, 3.05) is 0 Å². The molecule has 0 bridgehead atoms. The van der Waals surface area contributed by atoms with Crippen LogP contribution >= 0.6 is 0 Å². The molecule has 0 aliphatic heterocycles. The van der Waals surface area contributed by atoms with Gasteiger partial charge in [0, 0.05) is 18.1 Å². The number of rotatable bonds is 7. The van der Waals surface area contributed by atoms with Gasteiger partial charge in [0.2, 0.25) is 17.6 Å². The number of hydrogen-bond donors (Lipinski definition) is 2. The van der Waals surface area contributed by atoms with E-state index < -0.39 is 57.9 Å². The van der Waals surface area contributed by atoms with E-state index in [2.05, 4.69) is 5.32 Å². The molecule has 10 heteroatoms. The number of amides is 2. The molecule has 2 amide bonds. The molecule has 27 heavy (non-hydrogen) atoms. The molecule has 0 aromatic heterocycles. The van der Waals surface area contributed by atoms with Crippen LogP contribution in [0.2, 0.25) is 0 Å². The van der Waals surface area contributed by atoms with Crippen molar-refractivity contribution in [1.29, 1.82) is 0 Å². The van der Waals surface area contributed by atoms with Crippen LogP contribution in [0.4, 0.5) is 18.9 Å². The number of primary amides is 1. The summed E-state index contributed by atoms with van der Waals surface area (Å²) >= 11 is 0. The van der Waals surface area contributed by atoms with Gasteiger partial charge in [0.05, 0.1) is 11.3 Å². The average molecular weight is 381 g/mol. The van der Waals surface area contributed by atoms with Crippen molar-refractivity contribution in [3.63, 3.8) is 0 Å². The lowest BCUT2D eigenvalue weighted by Crippen LogP contribution is -2.46. The number of nitro benzene ring substituents is 1. The fourth-order valence-electron chi connectivity index (χ4n) is 2.39. The minimum Gasteiger partial charge on any atom is -0.368 e. The van der Waals surface area contributed by atoms with E-state index >= 15 is 0 Å². The highest BCUT2D eigenvalue weighted by Gasteiger charge is 2.22. The summed E-state index contributed by atoms with van der Waals surface area (Å²) in [5.74, 6) is -4.74. The highest BCUT2D eigenvalue weighted by Crippen LogP contribution is 2.19. The van der Waals surface area contributed by atoms with Gasteiger partial charge >= 0.3 is 5.69 Å². The first-order chi connectivity index (χ1) is 12.7. The van der Waals surface area contributed by atoms with Gasteiger partial charge in [-0.15, -0.1) is 0 Å². The summed E-state index contributed by atoms with van der Waals surface area (Å²) in [4.78, 5) is 33.4. The average Bonchev–Trinajstić information content (AvgIpc) is 2.59. The Hall–Kier alpha value is -3.43. The molecule has 2 rings (SSSR count). The number of carbonyl (C=O) groups is 2. The van der Waals surface area contributed by atoms with Gasteiger partial charge in [-0.25, -0.2) is 8.78 Å². The Bertz CT molecular complexity index is 885. The lowest BCUT2D eigenvalue weighted by atomic mass is 10.0. The van der Waals surface area contributed by atoms with Crippen LogP contribution in [0, 0.1) is 27.6 Å². The maximum atomic E-state index is 13.6. The van der Waals surface area contributed by atoms with E-state index in [4.69, 9.17) is 5.73 Å². The van der Waals surface area contributed by atoms with E-state index in [-0.39, 0.29) is 12.0 Å². The first kappa shape index (κ1) is 19.9. The van der Waals surface area contributed by atoms with Crippen LogP contribution < -0.4 is 11.1 Å². The predicted molar refractivity (Wildman–Crippen MR) is 87.9 cm³/mol. The Balaban J connectivity index is 2.14. The smallest absolute Gasteiger partial charge is 0.305 e. The molecular formula is C17H14F3N3O4. The largest absolute Gasteiger partial charge is 0.368 e. The molecule has 0 saturated carbocycles. The topological polar surface area (TPSA) is 115 Å². The molecule has 7 nitrogen and oxygen atoms in total. The van der Waals surface area contributed by atoms with Crippen LogP contribution in [-0.2, 0) is 22.4 Å². The van der Waals surface area contributed by atoms with Crippen LogP contribution in [0.1, 0.15) is 11.1 Å². The van der Waals surface area contributed by atoms with Gasteiger partial charge in [-0.05, 0) is 23.8 Å². The Kier molecular flexibility index (Phi) is 6.11. The second-order valence-electron chi connectivity index (χ2n) is 5.65. The first-order valence-corrected chi connectivity index (χ1v) is 7.63. The van der Waals surface area contributed by atoms with Crippen LogP contribution in [0.3, 0.4) is 0 Å². The molecule has 0 heterocycles. The van der Waals surface area contributed by atoms with Gasteiger partial charge in [0.1, 0.15) is 17.7 Å². The number of nitrogens with one attached hydrogen (secondary N) is 1. The zero-order valence-electron chi connectivity index (χ0n) is 13.7. The van der Waals surface area contributed by atoms with Crippen molar-refractivity contribution in [3.05, 3.63) is 75.1 Å². The lowest BCUT2D eigenvalue weighted by molar-refractivity contribution is -0.387. The Morgan fingerprint density at radius 1 is 1.11 bits per heavy atom.